The Morgan fingerprint density at radius 2 is 1.65 bits per heavy atom. The van der Waals surface area contributed by atoms with Gasteiger partial charge < -0.3 is 15.1 Å². The Morgan fingerprint density at radius 3 is 2.25 bits per heavy atom. The number of nitrogens with zero attached hydrogens (tertiary/aromatic N) is 2. The maximum Gasteiger partial charge on any atom is 0.317 e. The largest absolute Gasteiger partial charge is 0.338 e. The van der Waals surface area contributed by atoms with Crippen molar-refractivity contribution >= 4 is 6.03 Å². The lowest BCUT2D eigenvalue weighted by Crippen LogP contribution is -2.40. The summed E-state index contributed by atoms with van der Waals surface area (Å²) < 4.78 is 0. The van der Waals surface area contributed by atoms with E-state index in [9.17, 15) is 4.79 Å². The molecule has 0 aromatic carbocycles. The average molecular weight is 283 g/mol. The van der Waals surface area contributed by atoms with Crippen LogP contribution in [0.5, 0.6) is 0 Å². The minimum absolute atomic E-state index is 0.0857. The minimum Gasteiger partial charge on any atom is -0.338 e. The van der Waals surface area contributed by atoms with Gasteiger partial charge in [0.05, 0.1) is 0 Å². The Hall–Kier alpha value is -0.770. The first-order chi connectivity index (χ1) is 9.77. The fourth-order valence-corrected chi connectivity index (χ4v) is 2.81. The minimum atomic E-state index is 0.0857. The predicted octanol–water partition coefficient (Wildman–Crippen LogP) is 3.08. The second kappa shape index (κ2) is 11.0. The summed E-state index contributed by atoms with van der Waals surface area (Å²) in [7, 11) is 0. The zero-order valence-corrected chi connectivity index (χ0v) is 13.5. The molecule has 118 valence electrons. The van der Waals surface area contributed by atoms with Gasteiger partial charge >= 0.3 is 6.03 Å². The molecular formula is C16H33N3O. The number of urea groups is 1. The van der Waals surface area contributed by atoms with Gasteiger partial charge in [0.1, 0.15) is 0 Å². The van der Waals surface area contributed by atoms with Gasteiger partial charge in [0, 0.05) is 19.6 Å². The van der Waals surface area contributed by atoms with Crippen molar-refractivity contribution in [3.05, 3.63) is 0 Å². The SMILES string of the molecule is CCN(CC)C(=O)NCCCCCN1CCCCCC1. The molecule has 0 bridgehead atoms. The molecule has 1 aliphatic heterocycles. The van der Waals surface area contributed by atoms with Crippen LogP contribution in [0.15, 0.2) is 0 Å². The predicted molar refractivity (Wildman–Crippen MR) is 85.1 cm³/mol. The number of rotatable bonds is 8. The lowest BCUT2D eigenvalue weighted by Gasteiger charge is -2.20. The van der Waals surface area contributed by atoms with Gasteiger partial charge in [0.25, 0.3) is 0 Å². The van der Waals surface area contributed by atoms with Crippen LogP contribution >= 0.6 is 0 Å². The van der Waals surface area contributed by atoms with Gasteiger partial charge in [-0.15, -0.1) is 0 Å². The Morgan fingerprint density at radius 1 is 1.00 bits per heavy atom. The Kier molecular flexibility index (Phi) is 9.46. The molecule has 1 aliphatic rings. The van der Waals surface area contributed by atoms with Crippen LogP contribution in [-0.2, 0) is 0 Å². The van der Waals surface area contributed by atoms with Gasteiger partial charge in [0.15, 0.2) is 0 Å². The van der Waals surface area contributed by atoms with Crippen molar-refractivity contribution in [3.63, 3.8) is 0 Å². The standard InChI is InChI=1S/C16H33N3O/c1-3-19(4-2)16(20)17-12-8-7-11-15-18-13-9-5-6-10-14-18/h3-15H2,1-2H3,(H,17,20). The van der Waals surface area contributed by atoms with Crippen LogP contribution in [0.2, 0.25) is 0 Å². The first kappa shape index (κ1) is 17.3. The maximum absolute atomic E-state index is 11.7. The van der Waals surface area contributed by atoms with Crippen LogP contribution in [0.3, 0.4) is 0 Å². The molecule has 0 radical (unpaired) electrons. The first-order valence-corrected chi connectivity index (χ1v) is 8.53. The molecule has 0 aromatic heterocycles. The van der Waals surface area contributed by atoms with Crippen LogP contribution in [0.25, 0.3) is 0 Å². The summed E-state index contributed by atoms with van der Waals surface area (Å²) in [5.41, 5.74) is 0. The van der Waals surface area contributed by atoms with Crippen LogP contribution in [0.1, 0.15) is 58.8 Å². The van der Waals surface area contributed by atoms with E-state index in [2.05, 4.69) is 10.2 Å². The smallest absolute Gasteiger partial charge is 0.317 e. The fraction of sp³-hybridized carbons (Fsp3) is 0.938. The third-order valence-corrected chi connectivity index (χ3v) is 4.18. The van der Waals surface area contributed by atoms with Crippen molar-refractivity contribution in [1.82, 2.24) is 15.1 Å². The van der Waals surface area contributed by atoms with Crippen molar-refractivity contribution in [1.29, 1.82) is 0 Å². The average Bonchev–Trinajstić information content (AvgIpc) is 2.72. The van der Waals surface area contributed by atoms with E-state index in [4.69, 9.17) is 0 Å². The monoisotopic (exact) mass is 283 g/mol. The highest BCUT2D eigenvalue weighted by molar-refractivity contribution is 5.73. The lowest BCUT2D eigenvalue weighted by molar-refractivity contribution is 0.203. The van der Waals surface area contributed by atoms with Crippen LogP contribution < -0.4 is 5.32 Å². The zero-order chi connectivity index (χ0) is 14.6. The number of amides is 2. The molecule has 4 nitrogen and oxygen atoms in total. The number of unbranched alkanes of at least 4 members (excludes halogenated alkanes) is 2. The van der Waals surface area contributed by atoms with Crippen molar-refractivity contribution in [2.75, 3.05) is 39.3 Å². The zero-order valence-electron chi connectivity index (χ0n) is 13.5. The van der Waals surface area contributed by atoms with E-state index in [0.717, 1.165) is 26.1 Å². The second-order valence-electron chi connectivity index (χ2n) is 5.72. The molecule has 1 N–H and O–H groups in total. The normalized spacial score (nSPS) is 16.7. The van der Waals surface area contributed by atoms with Crippen molar-refractivity contribution < 1.29 is 4.79 Å². The molecule has 2 amide bonds. The number of carbonyl (C=O) groups excluding carboxylic acids is 1. The summed E-state index contributed by atoms with van der Waals surface area (Å²) in [6.07, 6.45) is 9.15. The van der Waals surface area contributed by atoms with E-state index >= 15 is 0 Å². The summed E-state index contributed by atoms with van der Waals surface area (Å²) in [4.78, 5) is 16.2. The molecular weight excluding hydrogens is 250 g/mol. The molecule has 0 saturated carbocycles. The molecule has 0 aromatic rings. The second-order valence-corrected chi connectivity index (χ2v) is 5.72. The molecule has 4 heteroatoms. The maximum atomic E-state index is 11.7. The topological polar surface area (TPSA) is 35.6 Å². The van der Waals surface area contributed by atoms with E-state index in [0.29, 0.717) is 0 Å². The Labute approximate surface area is 124 Å². The summed E-state index contributed by atoms with van der Waals surface area (Å²) in [5, 5.41) is 3.01. The van der Waals surface area contributed by atoms with E-state index in [1.165, 1.54) is 58.2 Å². The first-order valence-electron chi connectivity index (χ1n) is 8.53. The number of nitrogens with one attached hydrogen (secondary N) is 1. The van der Waals surface area contributed by atoms with Gasteiger partial charge in [-0.05, 0) is 59.2 Å². The molecule has 0 unspecified atom stereocenters. The number of carbonyl (C=O) groups is 1. The van der Waals surface area contributed by atoms with Gasteiger partial charge in [-0.2, -0.15) is 0 Å². The van der Waals surface area contributed by atoms with Crippen LogP contribution in [-0.4, -0.2) is 55.1 Å². The van der Waals surface area contributed by atoms with Gasteiger partial charge in [-0.3, -0.25) is 0 Å². The third kappa shape index (κ3) is 7.13. The molecule has 1 fully saturated rings. The third-order valence-electron chi connectivity index (χ3n) is 4.18. The molecule has 0 atom stereocenters. The molecule has 1 rings (SSSR count). The van der Waals surface area contributed by atoms with Crippen molar-refractivity contribution in [2.45, 2.75) is 58.8 Å². The van der Waals surface area contributed by atoms with Gasteiger partial charge in [0.2, 0.25) is 0 Å². The molecule has 0 aliphatic carbocycles. The van der Waals surface area contributed by atoms with E-state index in [1.54, 1.807) is 0 Å². The molecule has 0 spiro atoms. The molecule has 1 saturated heterocycles. The fourth-order valence-electron chi connectivity index (χ4n) is 2.81. The highest BCUT2D eigenvalue weighted by Gasteiger charge is 2.09. The van der Waals surface area contributed by atoms with Gasteiger partial charge in [-0.1, -0.05) is 19.3 Å². The van der Waals surface area contributed by atoms with Crippen molar-refractivity contribution in [3.8, 4) is 0 Å². The summed E-state index contributed by atoms with van der Waals surface area (Å²) in [6.45, 7) is 10.2. The quantitative estimate of drug-likeness (QED) is 0.695. The Balaban J connectivity index is 1.97. The molecule has 20 heavy (non-hydrogen) atoms. The van der Waals surface area contributed by atoms with Crippen LogP contribution in [0.4, 0.5) is 4.79 Å². The van der Waals surface area contributed by atoms with E-state index < -0.39 is 0 Å². The van der Waals surface area contributed by atoms with Gasteiger partial charge in [-0.25, -0.2) is 4.79 Å². The van der Waals surface area contributed by atoms with Crippen LogP contribution in [0, 0.1) is 0 Å². The van der Waals surface area contributed by atoms with E-state index in [1.807, 2.05) is 18.7 Å². The highest BCUT2D eigenvalue weighted by Crippen LogP contribution is 2.10. The number of hydrogen-bond donors (Lipinski definition) is 1. The summed E-state index contributed by atoms with van der Waals surface area (Å²) >= 11 is 0. The van der Waals surface area contributed by atoms with Crippen molar-refractivity contribution in [2.24, 2.45) is 0 Å². The highest BCUT2D eigenvalue weighted by atomic mass is 16.2. The number of hydrogen-bond acceptors (Lipinski definition) is 2. The Bertz CT molecular complexity index is 246. The molecule has 1 heterocycles. The van der Waals surface area contributed by atoms with E-state index in [-0.39, 0.29) is 6.03 Å². The summed E-state index contributed by atoms with van der Waals surface area (Å²) in [6, 6.07) is 0.0857. The number of likely N-dealkylation sites (tertiary alicyclic amines) is 1. The summed E-state index contributed by atoms with van der Waals surface area (Å²) in [5.74, 6) is 0. The lowest BCUT2D eigenvalue weighted by atomic mass is 10.2.